The number of aromatic nitrogens is 1. The van der Waals surface area contributed by atoms with Gasteiger partial charge in [-0.3, -0.25) is 4.79 Å². The second-order valence-corrected chi connectivity index (χ2v) is 2.83. The molecule has 0 saturated carbocycles. The fourth-order valence-electron chi connectivity index (χ4n) is 1.10. The summed E-state index contributed by atoms with van der Waals surface area (Å²) in [5.41, 5.74) is -3.16. The van der Waals surface area contributed by atoms with Crippen LogP contribution in [-0.2, 0) is 6.67 Å². The smallest absolute Gasteiger partial charge is 0.478 e. The molecule has 0 aliphatic heterocycles. The van der Waals surface area contributed by atoms with Crippen molar-refractivity contribution in [1.29, 1.82) is 0 Å². The predicted molar refractivity (Wildman–Crippen MR) is 45.5 cm³/mol. The molecular weight excluding hydrogens is 250 g/mol. The molecular formula is C8H5F4NO4. The largest absolute Gasteiger partial charge is 0.573 e. The van der Waals surface area contributed by atoms with Crippen LogP contribution in [0.25, 0.3) is 0 Å². The lowest BCUT2D eigenvalue weighted by Gasteiger charge is -2.11. The van der Waals surface area contributed by atoms with Crippen molar-refractivity contribution in [2.75, 3.05) is 0 Å². The molecule has 0 spiro atoms. The van der Waals surface area contributed by atoms with Crippen molar-refractivity contribution in [3.8, 4) is 5.75 Å². The standard InChI is InChI=1S/C8H5F4NO4/c9-1-3-2-13-6(14)5(4(3)7(15)16)17-8(10,11)12/h2H,1H2,(H,13,14)(H,15,16). The monoisotopic (exact) mass is 255 g/mol. The van der Waals surface area contributed by atoms with Gasteiger partial charge in [-0.2, -0.15) is 0 Å². The fraction of sp³-hybridized carbons (Fsp3) is 0.250. The van der Waals surface area contributed by atoms with E-state index in [0.29, 0.717) is 6.20 Å². The molecule has 17 heavy (non-hydrogen) atoms. The van der Waals surface area contributed by atoms with Crippen LogP contribution in [0.15, 0.2) is 11.0 Å². The summed E-state index contributed by atoms with van der Waals surface area (Å²) >= 11 is 0. The molecule has 0 radical (unpaired) electrons. The van der Waals surface area contributed by atoms with Gasteiger partial charge in [0.1, 0.15) is 12.2 Å². The number of H-pyrrole nitrogens is 1. The second-order valence-electron chi connectivity index (χ2n) is 2.83. The summed E-state index contributed by atoms with van der Waals surface area (Å²) in [6, 6.07) is 0. The molecule has 1 aromatic rings. The van der Waals surface area contributed by atoms with Crippen LogP contribution in [0.1, 0.15) is 15.9 Å². The van der Waals surface area contributed by atoms with Gasteiger partial charge in [-0.15, -0.1) is 13.2 Å². The normalized spacial score (nSPS) is 11.3. The Morgan fingerprint density at radius 3 is 2.47 bits per heavy atom. The van der Waals surface area contributed by atoms with Crippen molar-refractivity contribution in [2.24, 2.45) is 0 Å². The van der Waals surface area contributed by atoms with Gasteiger partial charge < -0.3 is 14.8 Å². The zero-order valence-electron chi connectivity index (χ0n) is 7.97. The summed E-state index contributed by atoms with van der Waals surface area (Å²) in [4.78, 5) is 23.5. The first-order valence-electron chi connectivity index (χ1n) is 4.06. The molecule has 0 amide bonds. The number of alkyl halides is 4. The zero-order valence-corrected chi connectivity index (χ0v) is 7.97. The molecule has 0 bridgehead atoms. The van der Waals surface area contributed by atoms with E-state index in [1.54, 1.807) is 4.98 Å². The zero-order chi connectivity index (χ0) is 13.2. The lowest BCUT2D eigenvalue weighted by molar-refractivity contribution is -0.275. The first kappa shape index (κ1) is 13.0. The Bertz CT molecular complexity index is 493. The van der Waals surface area contributed by atoms with Gasteiger partial charge >= 0.3 is 12.3 Å². The molecule has 0 fully saturated rings. The van der Waals surface area contributed by atoms with Gasteiger partial charge in [0.15, 0.2) is 0 Å². The Morgan fingerprint density at radius 1 is 1.47 bits per heavy atom. The quantitative estimate of drug-likeness (QED) is 0.801. The van der Waals surface area contributed by atoms with Crippen LogP contribution in [0.4, 0.5) is 17.6 Å². The number of ether oxygens (including phenoxy) is 1. The van der Waals surface area contributed by atoms with E-state index in [9.17, 15) is 27.2 Å². The van der Waals surface area contributed by atoms with Gasteiger partial charge in [0.05, 0.1) is 0 Å². The summed E-state index contributed by atoms with van der Waals surface area (Å²) < 4.78 is 51.5. The van der Waals surface area contributed by atoms with Gasteiger partial charge in [-0.1, -0.05) is 0 Å². The van der Waals surface area contributed by atoms with E-state index in [2.05, 4.69) is 4.74 Å². The molecule has 9 heteroatoms. The Hall–Kier alpha value is -2.06. The van der Waals surface area contributed by atoms with E-state index in [4.69, 9.17) is 5.11 Å². The minimum atomic E-state index is -5.24. The highest BCUT2D eigenvalue weighted by Crippen LogP contribution is 2.25. The van der Waals surface area contributed by atoms with E-state index in [0.717, 1.165) is 0 Å². The van der Waals surface area contributed by atoms with Crippen LogP contribution in [0.2, 0.25) is 0 Å². The van der Waals surface area contributed by atoms with E-state index < -0.39 is 41.4 Å². The molecule has 0 aromatic carbocycles. The number of hydrogen-bond donors (Lipinski definition) is 2. The topological polar surface area (TPSA) is 79.4 Å². The van der Waals surface area contributed by atoms with Crippen molar-refractivity contribution in [3.05, 3.63) is 27.7 Å². The first-order chi connectivity index (χ1) is 7.76. The molecule has 5 nitrogen and oxygen atoms in total. The Morgan fingerprint density at radius 2 is 2.06 bits per heavy atom. The molecule has 0 saturated heterocycles. The SMILES string of the molecule is O=C(O)c1c(CF)c[nH]c(=O)c1OC(F)(F)F. The summed E-state index contributed by atoms with van der Waals surface area (Å²) in [5, 5.41) is 8.63. The van der Waals surface area contributed by atoms with Crippen molar-refractivity contribution in [2.45, 2.75) is 13.0 Å². The highest BCUT2D eigenvalue weighted by atomic mass is 19.4. The summed E-state index contributed by atoms with van der Waals surface area (Å²) in [6.07, 6.45) is -4.57. The maximum atomic E-state index is 12.4. The van der Waals surface area contributed by atoms with Crippen molar-refractivity contribution in [3.63, 3.8) is 0 Å². The van der Waals surface area contributed by atoms with Gasteiger partial charge in [-0.25, -0.2) is 9.18 Å². The third-order valence-electron chi connectivity index (χ3n) is 1.71. The van der Waals surface area contributed by atoms with Crippen LogP contribution in [0, 0.1) is 0 Å². The maximum absolute atomic E-state index is 12.4. The predicted octanol–water partition coefficient (Wildman–Crippen LogP) is 1.44. The maximum Gasteiger partial charge on any atom is 0.573 e. The number of hydrogen-bond acceptors (Lipinski definition) is 3. The lowest BCUT2D eigenvalue weighted by atomic mass is 10.1. The average Bonchev–Trinajstić information content (AvgIpc) is 2.18. The van der Waals surface area contributed by atoms with Crippen molar-refractivity contribution in [1.82, 2.24) is 4.98 Å². The van der Waals surface area contributed by atoms with Crippen molar-refractivity contribution >= 4 is 5.97 Å². The van der Waals surface area contributed by atoms with Crippen LogP contribution in [0.5, 0.6) is 5.75 Å². The van der Waals surface area contributed by atoms with E-state index in [1.807, 2.05) is 0 Å². The fourth-order valence-corrected chi connectivity index (χ4v) is 1.10. The Labute approximate surface area is 90.6 Å². The number of pyridine rings is 1. The molecule has 1 aromatic heterocycles. The number of carboxylic acids is 1. The van der Waals surface area contributed by atoms with Gasteiger partial charge in [0, 0.05) is 11.8 Å². The number of carbonyl (C=O) groups is 1. The van der Waals surface area contributed by atoms with E-state index in [1.165, 1.54) is 0 Å². The van der Waals surface area contributed by atoms with Crippen molar-refractivity contribution < 1.29 is 32.2 Å². The minimum absolute atomic E-state index is 0.614. The van der Waals surface area contributed by atoms with Crippen LogP contribution >= 0.6 is 0 Å². The molecule has 0 aliphatic rings. The number of rotatable bonds is 3. The number of aromatic carboxylic acids is 1. The summed E-state index contributed by atoms with van der Waals surface area (Å²) in [7, 11) is 0. The number of aromatic amines is 1. The second kappa shape index (κ2) is 4.44. The summed E-state index contributed by atoms with van der Waals surface area (Å²) in [5.74, 6) is -3.37. The van der Waals surface area contributed by atoms with Crippen LogP contribution in [0.3, 0.4) is 0 Å². The Balaban J connectivity index is 3.45. The number of halogens is 4. The van der Waals surface area contributed by atoms with Gasteiger partial charge in [0.2, 0.25) is 5.75 Å². The van der Waals surface area contributed by atoms with E-state index >= 15 is 0 Å². The number of carboxylic acid groups (broad SMARTS) is 1. The minimum Gasteiger partial charge on any atom is -0.478 e. The van der Waals surface area contributed by atoms with E-state index in [-0.39, 0.29) is 0 Å². The molecule has 2 N–H and O–H groups in total. The first-order valence-corrected chi connectivity index (χ1v) is 4.06. The molecule has 0 unspecified atom stereocenters. The molecule has 94 valence electrons. The third kappa shape index (κ3) is 2.95. The molecule has 1 rings (SSSR count). The highest BCUT2D eigenvalue weighted by molar-refractivity contribution is 5.92. The lowest BCUT2D eigenvalue weighted by Crippen LogP contribution is -2.26. The molecule has 0 atom stereocenters. The average molecular weight is 255 g/mol. The van der Waals surface area contributed by atoms with Gasteiger partial charge in [-0.05, 0) is 0 Å². The van der Waals surface area contributed by atoms with Crippen LogP contribution < -0.4 is 10.3 Å². The Kier molecular flexibility index (Phi) is 3.39. The molecule has 0 aliphatic carbocycles. The highest BCUT2D eigenvalue weighted by Gasteiger charge is 2.35. The third-order valence-corrected chi connectivity index (χ3v) is 1.71. The van der Waals surface area contributed by atoms with Gasteiger partial charge in [0.25, 0.3) is 5.56 Å². The molecule has 1 heterocycles. The van der Waals surface area contributed by atoms with Crippen LogP contribution in [-0.4, -0.2) is 22.4 Å². The number of nitrogens with one attached hydrogen (secondary N) is 1. The summed E-state index contributed by atoms with van der Waals surface area (Å²) in [6.45, 7) is -1.35.